The summed E-state index contributed by atoms with van der Waals surface area (Å²) in [6.45, 7) is 3.61. The van der Waals surface area contributed by atoms with Gasteiger partial charge in [-0.05, 0) is 55.8 Å². The first-order chi connectivity index (χ1) is 11.2. The maximum Gasteiger partial charge on any atom is 0.246 e. The van der Waals surface area contributed by atoms with Crippen LogP contribution < -0.4 is 15.8 Å². The van der Waals surface area contributed by atoms with Crippen molar-refractivity contribution in [1.29, 1.82) is 0 Å². The average Bonchev–Trinajstić information content (AvgIpc) is 2.50. The molecule has 0 aliphatic heterocycles. The molecule has 2 aromatic carbocycles. The van der Waals surface area contributed by atoms with Crippen LogP contribution in [0.2, 0.25) is 5.02 Å². The Bertz CT molecular complexity index is 851. The second-order valence-corrected chi connectivity index (χ2v) is 7.36. The van der Waals surface area contributed by atoms with Crippen LogP contribution in [0.4, 0.5) is 11.4 Å². The van der Waals surface area contributed by atoms with Crippen molar-refractivity contribution in [1.82, 2.24) is 0 Å². The minimum absolute atomic E-state index is 0.0130. The van der Waals surface area contributed by atoms with Crippen LogP contribution in [0.5, 0.6) is 0 Å². The van der Waals surface area contributed by atoms with Gasteiger partial charge in [0.15, 0.2) is 0 Å². The van der Waals surface area contributed by atoms with Gasteiger partial charge in [-0.2, -0.15) is 0 Å². The number of nitrogens with one attached hydrogen (secondary N) is 2. The smallest absolute Gasteiger partial charge is 0.246 e. The number of hydrogen-bond donors (Lipinski definition) is 3. The fourth-order valence-electron chi connectivity index (χ4n) is 1.98. The van der Waals surface area contributed by atoms with E-state index in [9.17, 15) is 13.2 Å². The summed E-state index contributed by atoms with van der Waals surface area (Å²) in [5, 5.41) is 11.4. The second-order valence-electron chi connectivity index (χ2n) is 5.39. The number of aryl methyl sites for hydroxylation is 1. The summed E-state index contributed by atoms with van der Waals surface area (Å²) in [6, 6.07) is 10.6. The van der Waals surface area contributed by atoms with E-state index in [1.165, 1.54) is 24.3 Å². The molecule has 0 bridgehead atoms. The predicted octanol–water partition coefficient (Wildman–Crippen LogP) is 2.73. The number of carbonyl (C=O) groups excluding carboxylic acids is 1. The van der Waals surface area contributed by atoms with E-state index >= 15 is 0 Å². The molecule has 0 saturated carbocycles. The molecule has 8 heteroatoms. The molecule has 2 rings (SSSR count). The number of rotatable bonds is 5. The van der Waals surface area contributed by atoms with Crippen molar-refractivity contribution in [3.63, 3.8) is 0 Å². The third kappa shape index (κ3) is 4.70. The van der Waals surface area contributed by atoms with Crippen LogP contribution in [0.1, 0.15) is 12.5 Å². The van der Waals surface area contributed by atoms with Gasteiger partial charge in [-0.3, -0.25) is 4.79 Å². The van der Waals surface area contributed by atoms with E-state index in [-0.39, 0.29) is 10.8 Å². The molecule has 128 valence electrons. The highest BCUT2D eigenvalue weighted by Gasteiger charge is 2.14. The lowest BCUT2D eigenvalue weighted by Crippen LogP contribution is -2.31. The van der Waals surface area contributed by atoms with Crippen molar-refractivity contribution in [2.75, 3.05) is 10.6 Å². The SMILES string of the molecule is Cc1ccc(N[C@H](C)C(=O)Nc2ccc(S(N)(=O)=O)cc2)cc1Cl. The molecule has 0 heterocycles. The number of primary sulfonamides is 1. The van der Waals surface area contributed by atoms with E-state index < -0.39 is 16.1 Å². The Hall–Kier alpha value is -2.09. The molecule has 6 nitrogen and oxygen atoms in total. The van der Waals surface area contributed by atoms with Crippen molar-refractivity contribution in [3.8, 4) is 0 Å². The van der Waals surface area contributed by atoms with Crippen molar-refractivity contribution < 1.29 is 13.2 Å². The van der Waals surface area contributed by atoms with Crippen LogP contribution in [-0.2, 0) is 14.8 Å². The number of anilines is 2. The monoisotopic (exact) mass is 367 g/mol. The summed E-state index contributed by atoms with van der Waals surface area (Å²) in [5.41, 5.74) is 2.16. The summed E-state index contributed by atoms with van der Waals surface area (Å²) in [5.74, 6) is -0.268. The van der Waals surface area contributed by atoms with Crippen molar-refractivity contribution >= 4 is 38.9 Å². The van der Waals surface area contributed by atoms with Gasteiger partial charge in [0.25, 0.3) is 0 Å². The molecule has 0 fully saturated rings. The first-order valence-corrected chi connectivity index (χ1v) is 9.05. The molecular weight excluding hydrogens is 350 g/mol. The highest BCUT2D eigenvalue weighted by atomic mass is 35.5. The van der Waals surface area contributed by atoms with Crippen LogP contribution in [0.3, 0.4) is 0 Å². The minimum atomic E-state index is -3.75. The standard InChI is InChI=1S/C16H18ClN3O3S/c1-10-3-4-13(9-15(10)17)19-11(2)16(21)20-12-5-7-14(8-6-12)24(18,22)23/h3-9,11,19H,1-2H3,(H,20,21)(H2,18,22,23)/t11-/m1/s1. The first kappa shape index (κ1) is 18.3. The maximum atomic E-state index is 12.2. The number of carbonyl (C=O) groups is 1. The lowest BCUT2D eigenvalue weighted by molar-refractivity contribution is -0.116. The van der Waals surface area contributed by atoms with E-state index in [0.29, 0.717) is 10.7 Å². The van der Waals surface area contributed by atoms with Gasteiger partial charge in [-0.15, -0.1) is 0 Å². The van der Waals surface area contributed by atoms with Crippen LogP contribution in [-0.4, -0.2) is 20.4 Å². The fourth-order valence-corrected chi connectivity index (χ4v) is 2.67. The van der Waals surface area contributed by atoms with E-state index in [4.69, 9.17) is 16.7 Å². The van der Waals surface area contributed by atoms with Crippen molar-refractivity contribution in [2.45, 2.75) is 24.8 Å². The zero-order valence-electron chi connectivity index (χ0n) is 13.2. The largest absolute Gasteiger partial charge is 0.374 e. The number of nitrogens with two attached hydrogens (primary N) is 1. The molecule has 0 aromatic heterocycles. The Morgan fingerprint density at radius 2 is 1.71 bits per heavy atom. The zero-order chi connectivity index (χ0) is 17.9. The van der Waals surface area contributed by atoms with Crippen LogP contribution in [0.25, 0.3) is 0 Å². The molecule has 0 unspecified atom stereocenters. The highest BCUT2D eigenvalue weighted by molar-refractivity contribution is 7.89. The zero-order valence-corrected chi connectivity index (χ0v) is 14.8. The third-order valence-electron chi connectivity index (χ3n) is 3.40. The summed E-state index contributed by atoms with van der Waals surface area (Å²) < 4.78 is 22.4. The third-order valence-corrected chi connectivity index (χ3v) is 4.74. The quantitative estimate of drug-likeness (QED) is 0.756. The normalized spacial score (nSPS) is 12.5. The maximum absolute atomic E-state index is 12.2. The molecule has 1 atom stereocenters. The second kappa shape index (κ2) is 7.21. The molecule has 24 heavy (non-hydrogen) atoms. The Balaban J connectivity index is 2.02. The van der Waals surface area contributed by atoms with Gasteiger partial charge < -0.3 is 10.6 Å². The van der Waals surface area contributed by atoms with E-state index in [1.54, 1.807) is 13.0 Å². The van der Waals surface area contributed by atoms with Gasteiger partial charge in [0.05, 0.1) is 4.90 Å². The Morgan fingerprint density at radius 3 is 2.25 bits per heavy atom. The molecule has 2 aromatic rings. The number of amides is 1. The summed E-state index contributed by atoms with van der Waals surface area (Å²) in [6.07, 6.45) is 0. The number of hydrogen-bond acceptors (Lipinski definition) is 4. The Morgan fingerprint density at radius 1 is 1.12 bits per heavy atom. The van der Waals surface area contributed by atoms with Gasteiger partial charge in [-0.1, -0.05) is 17.7 Å². The fraction of sp³-hybridized carbons (Fsp3) is 0.188. The molecule has 0 aliphatic rings. The molecule has 0 spiro atoms. The first-order valence-electron chi connectivity index (χ1n) is 7.13. The van der Waals surface area contributed by atoms with Gasteiger partial charge in [-0.25, -0.2) is 13.6 Å². The molecular formula is C16H18ClN3O3S. The topological polar surface area (TPSA) is 101 Å². The van der Waals surface area contributed by atoms with Crippen LogP contribution in [0, 0.1) is 6.92 Å². The van der Waals surface area contributed by atoms with Gasteiger partial charge in [0.2, 0.25) is 15.9 Å². The Kier molecular flexibility index (Phi) is 5.48. The van der Waals surface area contributed by atoms with E-state index in [0.717, 1.165) is 11.3 Å². The van der Waals surface area contributed by atoms with Gasteiger partial charge in [0, 0.05) is 16.4 Å². The number of sulfonamides is 1. The van der Waals surface area contributed by atoms with Gasteiger partial charge >= 0.3 is 0 Å². The molecule has 0 saturated heterocycles. The van der Waals surface area contributed by atoms with E-state index in [2.05, 4.69) is 10.6 Å². The summed E-state index contributed by atoms with van der Waals surface area (Å²) >= 11 is 6.06. The molecule has 4 N–H and O–H groups in total. The van der Waals surface area contributed by atoms with Crippen LogP contribution in [0.15, 0.2) is 47.4 Å². The van der Waals surface area contributed by atoms with Gasteiger partial charge in [0.1, 0.15) is 6.04 Å². The lowest BCUT2D eigenvalue weighted by atomic mass is 10.2. The summed E-state index contributed by atoms with van der Waals surface area (Å²) in [4.78, 5) is 12.2. The number of benzene rings is 2. The lowest BCUT2D eigenvalue weighted by Gasteiger charge is -2.16. The number of halogens is 1. The van der Waals surface area contributed by atoms with Crippen molar-refractivity contribution in [2.24, 2.45) is 5.14 Å². The van der Waals surface area contributed by atoms with Crippen molar-refractivity contribution in [3.05, 3.63) is 53.1 Å². The Labute approximate surface area is 146 Å². The molecule has 1 amide bonds. The minimum Gasteiger partial charge on any atom is -0.374 e. The summed E-state index contributed by atoms with van der Waals surface area (Å²) in [7, 11) is -3.75. The van der Waals surface area contributed by atoms with E-state index in [1.807, 2.05) is 19.1 Å². The molecule has 0 radical (unpaired) electrons. The predicted molar refractivity (Wildman–Crippen MR) is 95.7 cm³/mol. The van der Waals surface area contributed by atoms with Crippen LogP contribution >= 0.6 is 11.6 Å². The molecule has 0 aliphatic carbocycles. The average molecular weight is 368 g/mol. The highest BCUT2D eigenvalue weighted by Crippen LogP contribution is 2.21.